The molecule has 1 aliphatic carbocycles. The van der Waals surface area contributed by atoms with E-state index in [1.54, 1.807) is 31.9 Å². The zero-order valence-electron chi connectivity index (χ0n) is 15.8. The van der Waals surface area contributed by atoms with Crippen molar-refractivity contribution < 1.29 is 9.26 Å². The predicted octanol–water partition coefficient (Wildman–Crippen LogP) is 2.48. The van der Waals surface area contributed by atoms with Gasteiger partial charge in [-0.25, -0.2) is 4.98 Å². The Kier molecular flexibility index (Phi) is 4.27. The predicted molar refractivity (Wildman–Crippen MR) is 100 cm³/mol. The maximum Gasteiger partial charge on any atom is 0.234 e. The van der Waals surface area contributed by atoms with Gasteiger partial charge < -0.3 is 9.26 Å². The van der Waals surface area contributed by atoms with Crippen molar-refractivity contribution in [2.45, 2.75) is 31.2 Å². The zero-order valence-corrected chi connectivity index (χ0v) is 15.8. The van der Waals surface area contributed by atoms with Gasteiger partial charge >= 0.3 is 0 Å². The molecule has 3 aromatic rings. The summed E-state index contributed by atoms with van der Waals surface area (Å²) in [6.45, 7) is 2.71. The minimum atomic E-state index is -0.0771. The summed E-state index contributed by atoms with van der Waals surface area (Å²) < 4.78 is 11.1. The molecule has 2 aliphatic rings. The lowest BCUT2D eigenvalue weighted by Gasteiger charge is -2.24. The molecule has 5 rings (SSSR count). The maximum atomic E-state index is 5.75. The van der Waals surface area contributed by atoms with E-state index in [2.05, 4.69) is 25.0 Å². The summed E-state index contributed by atoms with van der Waals surface area (Å²) in [6.07, 6.45) is 10.2. The van der Waals surface area contributed by atoms with Crippen LogP contribution in [0.15, 0.2) is 41.4 Å². The Morgan fingerprint density at radius 1 is 1.29 bits per heavy atom. The van der Waals surface area contributed by atoms with Gasteiger partial charge in [0.1, 0.15) is 11.4 Å². The number of methoxy groups -OCH3 is 1. The fourth-order valence-electron chi connectivity index (χ4n) is 4.71. The number of ether oxygens (including phenoxy) is 1. The Bertz CT molecular complexity index is 962. The van der Waals surface area contributed by atoms with Crippen molar-refractivity contribution in [3.63, 3.8) is 0 Å². The van der Waals surface area contributed by atoms with Crippen molar-refractivity contribution in [2.75, 3.05) is 20.2 Å². The van der Waals surface area contributed by atoms with Gasteiger partial charge in [0.2, 0.25) is 11.7 Å². The normalized spacial score (nSPS) is 24.4. The molecule has 0 bridgehead atoms. The largest absolute Gasteiger partial charge is 0.497 e. The molecule has 144 valence electrons. The van der Waals surface area contributed by atoms with Crippen molar-refractivity contribution in [2.24, 2.45) is 5.92 Å². The van der Waals surface area contributed by atoms with Gasteiger partial charge in [-0.05, 0) is 24.8 Å². The van der Waals surface area contributed by atoms with Crippen LogP contribution in [-0.2, 0) is 12.0 Å². The number of rotatable bonds is 5. The Hall–Kier alpha value is -2.87. The second-order valence-corrected chi connectivity index (χ2v) is 7.62. The van der Waals surface area contributed by atoms with Crippen LogP contribution in [0, 0.1) is 5.92 Å². The minimum Gasteiger partial charge on any atom is -0.497 e. The first-order chi connectivity index (χ1) is 13.8. The highest BCUT2D eigenvalue weighted by Gasteiger charge is 2.54. The molecule has 0 amide bonds. The van der Waals surface area contributed by atoms with E-state index in [9.17, 15) is 0 Å². The molecule has 28 heavy (non-hydrogen) atoms. The molecule has 2 fully saturated rings. The molecule has 0 unspecified atom stereocenters. The molecule has 1 saturated heterocycles. The van der Waals surface area contributed by atoms with E-state index in [4.69, 9.17) is 14.2 Å². The van der Waals surface area contributed by atoms with E-state index in [1.807, 2.05) is 12.1 Å². The van der Waals surface area contributed by atoms with E-state index in [0.29, 0.717) is 17.4 Å². The first-order valence-corrected chi connectivity index (χ1v) is 9.59. The summed E-state index contributed by atoms with van der Waals surface area (Å²) >= 11 is 0. The monoisotopic (exact) mass is 378 g/mol. The third-order valence-electron chi connectivity index (χ3n) is 5.99. The van der Waals surface area contributed by atoms with E-state index in [0.717, 1.165) is 43.4 Å². The number of pyridine rings is 1. The molecule has 0 aromatic carbocycles. The van der Waals surface area contributed by atoms with Gasteiger partial charge in [-0.1, -0.05) is 11.6 Å². The molecule has 8 nitrogen and oxygen atoms in total. The first kappa shape index (κ1) is 17.2. The fourth-order valence-corrected chi connectivity index (χ4v) is 4.71. The number of likely N-dealkylation sites (tertiary alicyclic amines) is 1. The summed E-state index contributed by atoms with van der Waals surface area (Å²) in [5.74, 6) is 2.60. The standard InChI is InChI=1S/C20H22N6O2/c1-27-16-4-6-22-15(9-16)12-26-11-14-3-2-5-20(14,13-26)19-24-18(25-28-19)17-10-21-7-8-23-17/h4,6-10,14H,2-3,5,11-13H2,1H3/t14-,20-/m1/s1. The third kappa shape index (κ3) is 2.93. The molecule has 3 aromatic heterocycles. The Morgan fingerprint density at radius 2 is 2.25 bits per heavy atom. The number of nitrogens with zero attached hydrogens (tertiary/aromatic N) is 6. The summed E-state index contributed by atoms with van der Waals surface area (Å²) in [5, 5.41) is 4.18. The SMILES string of the molecule is COc1ccnc(CN2C[C@H]3CCC[C@@]3(c3nc(-c4cnccn4)no3)C2)c1. The summed E-state index contributed by atoms with van der Waals surface area (Å²) in [5.41, 5.74) is 1.57. The maximum absolute atomic E-state index is 5.75. The molecule has 0 radical (unpaired) electrons. The molecule has 0 N–H and O–H groups in total. The number of aromatic nitrogens is 5. The molecular formula is C20H22N6O2. The van der Waals surface area contributed by atoms with Crippen LogP contribution in [0.25, 0.3) is 11.5 Å². The molecule has 1 saturated carbocycles. The van der Waals surface area contributed by atoms with E-state index < -0.39 is 0 Å². The van der Waals surface area contributed by atoms with Gasteiger partial charge in [-0.2, -0.15) is 4.98 Å². The smallest absolute Gasteiger partial charge is 0.234 e. The highest BCUT2D eigenvalue weighted by molar-refractivity contribution is 5.46. The van der Waals surface area contributed by atoms with Crippen LogP contribution in [0.5, 0.6) is 5.75 Å². The van der Waals surface area contributed by atoms with Gasteiger partial charge in [-0.3, -0.25) is 14.9 Å². The van der Waals surface area contributed by atoms with Gasteiger partial charge in [-0.15, -0.1) is 0 Å². The average molecular weight is 378 g/mol. The van der Waals surface area contributed by atoms with Gasteiger partial charge in [0.05, 0.1) is 24.4 Å². The zero-order chi connectivity index (χ0) is 19.0. The molecule has 4 heterocycles. The van der Waals surface area contributed by atoms with Crippen LogP contribution in [0.2, 0.25) is 0 Å². The van der Waals surface area contributed by atoms with Gasteiger partial charge in [0.15, 0.2) is 0 Å². The second kappa shape index (κ2) is 6.94. The lowest BCUT2D eigenvalue weighted by molar-refractivity contribution is 0.244. The van der Waals surface area contributed by atoms with Crippen molar-refractivity contribution in [1.82, 2.24) is 30.0 Å². The molecule has 0 spiro atoms. The summed E-state index contributed by atoms with van der Waals surface area (Å²) in [4.78, 5) is 20.0. The lowest BCUT2D eigenvalue weighted by Crippen LogP contribution is -2.32. The van der Waals surface area contributed by atoms with Crippen LogP contribution in [0.3, 0.4) is 0 Å². The van der Waals surface area contributed by atoms with Gasteiger partial charge in [0.25, 0.3) is 0 Å². The number of hydrogen-bond acceptors (Lipinski definition) is 8. The van der Waals surface area contributed by atoms with E-state index >= 15 is 0 Å². The van der Waals surface area contributed by atoms with Crippen LogP contribution < -0.4 is 4.74 Å². The van der Waals surface area contributed by atoms with Crippen molar-refractivity contribution in [3.05, 3.63) is 48.5 Å². The highest BCUT2D eigenvalue weighted by atomic mass is 16.5. The third-order valence-corrected chi connectivity index (χ3v) is 5.99. The first-order valence-electron chi connectivity index (χ1n) is 9.59. The van der Waals surface area contributed by atoms with Crippen molar-refractivity contribution >= 4 is 0 Å². The molecule has 8 heteroatoms. The Labute approximate surface area is 163 Å². The fraction of sp³-hybridized carbons (Fsp3) is 0.450. The second-order valence-electron chi connectivity index (χ2n) is 7.62. The van der Waals surface area contributed by atoms with Crippen LogP contribution in [0.4, 0.5) is 0 Å². The number of fused-ring (bicyclic) bond motifs is 1. The van der Waals surface area contributed by atoms with Crippen molar-refractivity contribution in [3.8, 4) is 17.3 Å². The average Bonchev–Trinajstić information content (AvgIpc) is 3.43. The van der Waals surface area contributed by atoms with E-state index in [-0.39, 0.29) is 5.41 Å². The number of hydrogen-bond donors (Lipinski definition) is 0. The Balaban J connectivity index is 1.39. The quantitative estimate of drug-likeness (QED) is 0.669. The van der Waals surface area contributed by atoms with Gasteiger partial charge in [0, 0.05) is 44.3 Å². The Morgan fingerprint density at radius 3 is 3.11 bits per heavy atom. The van der Waals surface area contributed by atoms with Crippen LogP contribution in [0.1, 0.15) is 30.8 Å². The lowest BCUT2D eigenvalue weighted by atomic mass is 9.80. The highest BCUT2D eigenvalue weighted by Crippen LogP contribution is 2.50. The minimum absolute atomic E-state index is 0.0771. The van der Waals surface area contributed by atoms with Crippen molar-refractivity contribution in [1.29, 1.82) is 0 Å². The van der Waals surface area contributed by atoms with Crippen LogP contribution in [-0.4, -0.2) is 50.2 Å². The van der Waals surface area contributed by atoms with E-state index in [1.165, 1.54) is 12.8 Å². The summed E-state index contributed by atoms with van der Waals surface area (Å²) in [7, 11) is 1.68. The topological polar surface area (TPSA) is 90.1 Å². The molecule has 2 atom stereocenters. The summed E-state index contributed by atoms with van der Waals surface area (Å²) in [6, 6.07) is 3.87. The van der Waals surface area contributed by atoms with Crippen LogP contribution >= 0.6 is 0 Å². The molecular weight excluding hydrogens is 356 g/mol. The molecule has 1 aliphatic heterocycles.